The summed E-state index contributed by atoms with van der Waals surface area (Å²) in [4.78, 5) is 13.5. The molecule has 1 unspecified atom stereocenters. The lowest BCUT2D eigenvalue weighted by Crippen LogP contribution is -2.35. The fourth-order valence-electron chi connectivity index (χ4n) is 2.57. The Bertz CT molecular complexity index is 848. The van der Waals surface area contributed by atoms with Gasteiger partial charge in [-0.15, -0.1) is 10.2 Å². The minimum atomic E-state index is -0.134. The summed E-state index contributed by atoms with van der Waals surface area (Å²) in [5, 5.41) is 15.8. The van der Waals surface area contributed by atoms with Crippen LogP contribution in [-0.2, 0) is 17.8 Å². The van der Waals surface area contributed by atoms with E-state index in [0.717, 1.165) is 18.4 Å². The normalized spacial score (nSPS) is 11.9. The highest BCUT2D eigenvalue weighted by Crippen LogP contribution is 2.16. The van der Waals surface area contributed by atoms with Crippen molar-refractivity contribution in [3.05, 3.63) is 65.2 Å². The summed E-state index contributed by atoms with van der Waals surface area (Å²) in [6.45, 7) is 2.03. The number of rotatable bonds is 7. The third-order valence-electron chi connectivity index (χ3n) is 3.96. The van der Waals surface area contributed by atoms with Crippen molar-refractivity contribution < 1.29 is 4.79 Å². The summed E-state index contributed by atoms with van der Waals surface area (Å²) < 4.78 is 0. The summed E-state index contributed by atoms with van der Waals surface area (Å²) in [6, 6.07) is 17.4. The van der Waals surface area contributed by atoms with Crippen LogP contribution in [0.15, 0.2) is 54.6 Å². The molecule has 2 aromatic carbocycles. The molecule has 7 heteroatoms. The Labute approximate surface area is 157 Å². The van der Waals surface area contributed by atoms with Crippen LogP contribution in [0.5, 0.6) is 0 Å². The molecular formula is C19H20ClN5O. The van der Waals surface area contributed by atoms with Crippen molar-refractivity contribution in [1.29, 1.82) is 0 Å². The highest BCUT2D eigenvalue weighted by Gasteiger charge is 2.11. The van der Waals surface area contributed by atoms with Crippen molar-refractivity contribution in [2.45, 2.75) is 32.4 Å². The van der Waals surface area contributed by atoms with E-state index in [9.17, 15) is 4.79 Å². The van der Waals surface area contributed by atoms with Crippen LogP contribution in [0.3, 0.4) is 0 Å². The number of nitrogens with zero attached hydrogens (tertiary/aromatic N) is 4. The van der Waals surface area contributed by atoms with Crippen LogP contribution in [0.4, 0.5) is 0 Å². The zero-order valence-electron chi connectivity index (χ0n) is 14.5. The Morgan fingerprint density at radius 3 is 2.62 bits per heavy atom. The standard InChI is InChI=1S/C19H20ClN5O/c1-14(7-8-15-5-3-2-4-6-15)21-18(26)13-25-23-19(22-24-25)16-9-11-17(20)12-10-16/h2-6,9-12,14H,7-8,13H2,1H3,(H,21,26). The molecular weight excluding hydrogens is 350 g/mol. The average molecular weight is 370 g/mol. The van der Waals surface area contributed by atoms with Crippen molar-refractivity contribution in [3.63, 3.8) is 0 Å². The van der Waals surface area contributed by atoms with Gasteiger partial charge in [0.15, 0.2) is 0 Å². The van der Waals surface area contributed by atoms with E-state index >= 15 is 0 Å². The fraction of sp³-hybridized carbons (Fsp3) is 0.263. The van der Waals surface area contributed by atoms with E-state index in [0.29, 0.717) is 10.8 Å². The van der Waals surface area contributed by atoms with Crippen molar-refractivity contribution in [1.82, 2.24) is 25.5 Å². The molecule has 1 aromatic heterocycles. The van der Waals surface area contributed by atoms with Gasteiger partial charge in [0, 0.05) is 16.6 Å². The molecule has 0 aliphatic heterocycles. The van der Waals surface area contributed by atoms with Crippen molar-refractivity contribution in [2.75, 3.05) is 0 Å². The first-order valence-electron chi connectivity index (χ1n) is 8.47. The first-order valence-corrected chi connectivity index (χ1v) is 8.85. The van der Waals surface area contributed by atoms with Gasteiger partial charge in [0.1, 0.15) is 6.54 Å². The van der Waals surface area contributed by atoms with E-state index in [1.54, 1.807) is 12.1 Å². The van der Waals surface area contributed by atoms with Gasteiger partial charge in [-0.2, -0.15) is 4.80 Å². The van der Waals surface area contributed by atoms with Crippen molar-refractivity contribution >= 4 is 17.5 Å². The average Bonchev–Trinajstić information content (AvgIpc) is 3.09. The van der Waals surface area contributed by atoms with Gasteiger partial charge >= 0.3 is 0 Å². The maximum Gasteiger partial charge on any atom is 0.243 e. The van der Waals surface area contributed by atoms with Gasteiger partial charge < -0.3 is 5.32 Å². The van der Waals surface area contributed by atoms with E-state index < -0.39 is 0 Å². The van der Waals surface area contributed by atoms with E-state index in [1.807, 2.05) is 37.3 Å². The SMILES string of the molecule is CC(CCc1ccccc1)NC(=O)Cn1nnc(-c2ccc(Cl)cc2)n1. The van der Waals surface area contributed by atoms with Gasteiger partial charge in [0.05, 0.1) is 0 Å². The molecule has 1 N–H and O–H groups in total. The smallest absolute Gasteiger partial charge is 0.243 e. The van der Waals surface area contributed by atoms with Gasteiger partial charge in [-0.3, -0.25) is 4.79 Å². The third-order valence-corrected chi connectivity index (χ3v) is 4.21. The van der Waals surface area contributed by atoms with Gasteiger partial charge in [-0.25, -0.2) is 0 Å². The molecule has 0 radical (unpaired) electrons. The van der Waals surface area contributed by atoms with Crippen molar-refractivity contribution in [3.8, 4) is 11.4 Å². The number of tetrazole rings is 1. The monoisotopic (exact) mass is 369 g/mol. The fourth-order valence-corrected chi connectivity index (χ4v) is 2.70. The van der Waals surface area contributed by atoms with E-state index in [1.165, 1.54) is 10.4 Å². The summed E-state index contributed by atoms with van der Waals surface area (Å²) in [5.41, 5.74) is 2.07. The number of hydrogen-bond donors (Lipinski definition) is 1. The third kappa shape index (κ3) is 5.13. The van der Waals surface area contributed by atoms with E-state index in [4.69, 9.17) is 11.6 Å². The number of benzene rings is 2. The minimum Gasteiger partial charge on any atom is -0.352 e. The number of amides is 1. The second kappa shape index (κ2) is 8.58. The number of halogens is 1. The van der Waals surface area contributed by atoms with E-state index in [2.05, 4.69) is 32.9 Å². The largest absolute Gasteiger partial charge is 0.352 e. The minimum absolute atomic E-state index is 0.0380. The Kier molecular flexibility index (Phi) is 5.96. The maximum absolute atomic E-state index is 12.2. The van der Waals surface area contributed by atoms with E-state index in [-0.39, 0.29) is 18.5 Å². The molecule has 0 fully saturated rings. The lowest BCUT2D eigenvalue weighted by atomic mass is 10.1. The molecule has 1 atom stereocenters. The maximum atomic E-state index is 12.2. The summed E-state index contributed by atoms with van der Waals surface area (Å²) >= 11 is 5.87. The predicted octanol–water partition coefficient (Wildman–Crippen LogP) is 3.13. The molecule has 3 rings (SSSR count). The molecule has 0 aliphatic carbocycles. The molecule has 0 saturated carbocycles. The number of aryl methyl sites for hydroxylation is 1. The first kappa shape index (κ1) is 18.1. The Hall–Kier alpha value is -2.73. The molecule has 0 saturated heterocycles. The zero-order valence-corrected chi connectivity index (χ0v) is 15.2. The molecule has 1 amide bonds. The Morgan fingerprint density at radius 1 is 1.15 bits per heavy atom. The van der Waals surface area contributed by atoms with Gasteiger partial charge in [-0.1, -0.05) is 41.9 Å². The molecule has 0 bridgehead atoms. The molecule has 26 heavy (non-hydrogen) atoms. The highest BCUT2D eigenvalue weighted by molar-refractivity contribution is 6.30. The zero-order chi connectivity index (χ0) is 18.4. The Morgan fingerprint density at radius 2 is 1.88 bits per heavy atom. The van der Waals surface area contributed by atoms with Crippen LogP contribution in [-0.4, -0.2) is 32.2 Å². The first-order chi connectivity index (χ1) is 12.6. The topological polar surface area (TPSA) is 72.7 Å². The number of nitrogens with one attached hydrogen (secondary N) is 1. The molecule has 0 aliphatic rings. The van der Waals surface area contributed by atoms with Crippen LogP contribution in [0, 0.1) is 0 Å². The number of carbonyl (C=O) groups excluding carboxylic acids is 1. The number of hydrogen-bond acceptors (Lipinski definition) is 4. The molecule has 0 spiro atoms. The second-order valence-corrected chi connectivity index (χ2v) is 6.58. The lowest BCUT2D eigenvalue weighted by molar-refractivity contribution is -0.122. The number of aromatic nitrogens is 4. The molecule has 6 nitrogen and oxygen atoms in total. The van der Waals surface area contributed by atoms with Gasteiger partial charge in [0.25, 0.3) is 0 Å². The predicted molar refractivity (Wildman–Crippen MR) is 101 cm³/mol. The van der Waals surface area contributed by atoms with Crippen LogP contribution in [0.25, 0.3) is 11.4 Å². The van der Waals surface area contributed by atoms with Crippen LogP contribution in [0.1, 0.15) is 18.9 Å². The molecule has 3 aromatic rings. The quantitative estimate of drug-likeness (QED) is 0.694. The molecule has 1 heterocycles. The second-order valence-electron chi connectivity index (χ2n) is 6.14. The van der Waals surface area contributed by atoms with Gasteiger partial charge in [-0.05, 0) is 54.8 Å². The van der Waals surface area contributed by atoms with Crippen molar-refractivity contribution in [2.24, 2.45) is 0 Å². The Balaban J connectivity index is 1.49. The number of carbonyl (C=O) groups is 1. The highest BCUT2D eigenvalue weighted by atomic mass is 35.5. The van der Waals surface area contributed by atoms with Crippen LogP contribution in [0.2, 0.25) is 5.02 Å². The van der Waals surface area contributed by atoms with Crippen LogP contribution < -0.4 is 5.32 Å². The summed E-state index contributed by atoms with van der Waals surface area (Å²) in [6.07, 6.45) is 1.79. The lowest BCUT2D eigenvalue weighted by Gasteiger charge is -2.13. The summed E-state index contributed by atoms with van der Waals surface area (Å²) in [5.74, 6) is 0.331. The van der Waals surface area contributed by atoms with Gasteiger partial charge in [0.2, 0.25) is 11.7 Å². The summed E-state index contributed by atoms with van der Waals surface area (Å²) in [7, 11) is 0. The molecule has 134 valence electrons. The van der Waals surface area contributed by atoms with Crippen LogP contribution >= 0.6 is 11.6 Å².